The molecule has 1 aromatic carbocycles. The normalized spacial score (nSPS) is 22.2. The van der Waals surface area contributed by atoms with Crippen LogP contribution in [0.15, 0.2) is 29.2 Å². The summed E-state index contributed by atoms with van der Waals surface area (Å²) < 4.78 is 45.9. The lowest BCUT2D eigenvalue weighted by Gasteiger charge is -2.53. The highest BCUT2D eigenvalue weighted by molar-refractivity contribution is 8.00. The van der Waals surface area contributed by atoms with Crippen LogP contribution >= 0.6 is 11.8 Å². The van der Waals surface area contributed by atoms with Gasteiger partial charge in [0, 0.05) is 35.6 Å². The molecule has 3 nitrogen and oxygen atoms in total. The maximum absolute atomic E-state index is 13.8. The number of carbonyl (C=O) groups excluding carboxylic acids is 1. The van der Waals surface area contributed by atoms with Gasteiger partial charge in [0.25, 0.3) is 5.92 Å². The molecule has 0 aromatic heterocycles. The van der Waals surface area contributed by atoms with Gasteiger partial charge in [-0.15, -0.1) is 11.8 Å². The van der Waals surface area contributed by atoms with Crippen LogP contribution in [0, 0.1) is 11.7 Å². The summed E-state index contributed by atoms with van der Waals surface area (Å²) in [5.41, 5.74) is -0.557. The molecule has 2 aliphatic rings. The van der Waals surface area contributed by atoms with Crippen LogP contribution < -0.4 is 0 Å². The van der Waals surface area contributed by atoms with Gasteiger partial charge >= 0.3 is 6.09 Å². The summed E-state index contributed by atoms with van der Waals surface area (Å²) in [6, 6.07) is 6.12. The monoisotopic (exact) mass is 401 g/mol. The minimum Gasteiger partial charge on any atom is -0.444 e. The summed E-state index contributed by atoms with van der Waals surface area (Å²) in [7, 11) is 0. The summed E-state index contributed by atoms with van der Waals surface area (Å²) in [6.45, 7) is 6.45. The molecule has 1 saturated carbocycles. The first kappa shape index (κ1) is 20.4. The number of hydrogen-bond donors (Lipinski definition) is 0. The lowest BCUT2D eigenvalue weighted by Crippen LogP contribution is -2.56. The molecule has 3 rings (SSSR count). The van der Waals surface area contributed by atoms with Gasteiger partial charge in [0.1, 0.15) is 11.4 Å². The number of ether oxygens (including phenoxy) is 1. The Balaban J connectivity index is 1.66. The van der Waals surface area contributed by atoms with Crippen LogP contribution in [0.3, 0.4) is 0 Å². The van der Waals surface area contributed by atoms with Crippen LogP contribution in [0.5, 0.6) is 0 Å². The predicted octanol–water partition coefficient (Wildman–Crippen LogP) is 5.73. The molecule has 1 aliphatic heterocycles. The summed E-state index contributed by atoms with van der Waals surface area (Å²) in [4.78, 5) is 14.6. The Morgan fingerprint density at radius 3 is 2.37 bits per heavy atom. The van der Waals surface area contributed by atoms with Crippen molar-refractivity contribution in [1.82, 2.24) is 4.90 Å². The average Bonchev–Trinajstić information content (AvgIpc) is 2.51. The SMILES string of the molecule is CC(C)(C)OC(=O)N1CCC(C2(Sc3cccc(F)c3)CC(F)(F)C2)CC1. The Morgan fingerprint density at radius 2 is 1.85 bits per heavy atom. The average molecular weight is 401 g/mol. The van der Waals surface area contributed by atoms with Crippen LogP contribution in [-0.4, -0.2) is 40.4 Å². The zero-order valence-corrected chi connectivity index (χ0v) is 16.8. The summed E-state index contributed by atoms with van der Waals surface area (Å²) in [5.74, 6) is -2.96. The van der Waals surface area contributed by atoms with Gasteiger partial charge in [0.15, 0.2) is 0 Å². The molecular formula is C20H26F3NO2S. The fourth-order valence-corrected chi connectivity index (χ4v) is 5.70. The Labute approximate surface area is 162 Å². The fraction of sp³-hybridized carbons (Fsp3) is 0.650. The Kier molecular flexibility index (Phi) is 5.45. The quantitative estimate of drug-likeness (QED) is 0.647. The van der Waals surface area contributed by atoms with Crippen molar-refractivity contribution >= 4 is 17.9 Å². The second-order valence-electron chi connectivity index (χ2n) is 8.58. The van der Waals surface area contributed by atoms with Crippen LogP contribution in [0.1, 0.15) is 46.5 Å². The van der Waals surface area contributed by atoms with Crippen molar-refractivity contribution in [1.29, 1.82) is 0 Å². The molecule has 0 unspecified atom stereocenters. The van der Waals surface area contributed by atoms with Crippen molar-refractivity contribution in [2.24, 2.45) is 5.92 Å². The molecule has 7 heteroatoms. The van der Waals surface area contributed by atoms with E-state index in [-0.39, 0.29) is 30.7 Å². The number of carbonyl (C=O) groups is 1. The highest BCUT2D eigenvalue weighted by Gasteiger charge is 2.60. The first-order valence-electron chi connectivity index (χ1n) is 9.28. The van der Waals surface area contributed by atoms with Gasteiger partial charge < -0.3 is 9.64 Å². The van der Waals surface area contributed by atoms with E-state index in [9.17, 15) is 18.0 Å². The van der Waals surface area contributed by atoms with Crippen molar-refractivity contribution < 1.29 is 22.7 Å². The molecule has 0 bridgehead atoms. The second-order valence-corrected chi connectivity index (χ2v) is 10.1. The molecule has 1 saturated heterocycles. The molecule has 0 radical (unpaired) electrons. The molecule has 1 aliphatic carbocycles. The number of piperidine rings is 1. The zero-order valence-electron chi connectivity index (χ0n) is 15.9. The van der Waals surface area contributed by atoms with Gasteiger partial charge in [0.05, 0.1) is 0 Å². The third-order valence-electron chi connectivity index (χ3n) is 5.12. The van der Waals surface area contributed by atoms with E-state index in [1.54, 1.807) is 17.0 Å². The van der Waals surface area contributed by atoms with E-state index in [0.717, 1.165) is 0 Å². The maximum atomic E-state index is 13.8. The summed E-state index contributed by atoms with van der Waals surface area (Å²) in [6.07, 6.45) is 0.554. The van der Waals surface area contributed by atoms with E-state index in [0.29, 0.717) is 30.8 Å². The van der Waals surface area contributed by atoms with Crippen LogP contribution in [0.2, 0.25) is 0 Å². The molecule has 0 spiro atoms. The third-order valence-corrected chi connectivity index (χ3v) is 6.64. The van der Waals surface area contributed by atoms with Crippen LogP contribution in [0.25, 0.3) is 0 Å². The number of benzene rings is 1. The standard InChI is InChI=1S/C20H26F3NO2S/c1-18(2,3)26-17(25)24-9-7-14(8-10-24)19(12-20(22,23)13-19)27-16-6-4-5-15(21)11-16/h4-6,11,14H,7-10,12-13H2,1-3H3. The van der Waals surface area contributed by atoms with Gasteiger partial charge in [-0.3, -0.25) is 0 Å². The van der Waals surface area contributed by atoms with E-state index in [1.807, 2.05) is 20.8 Å². The zero-order chi connectivity index (χ0) is 19.9. The van der Waals surface area contributed by atoms with E-state index in [2.05, 4.69) is 0 Å². The largest absolute Gasteiger partial charge is 0.444 e. The summed E-state index contributed by atoms with van der Waals surface area (Å²) >= 11 is 1.37. The lowest BCUT2D eigenvalue weighted by molar-refractivity contribution is -0.114. The van der Waals surface area contributed by atoms with Gasteiger partial charge in [-0.25, -0.2) is 18.0 Å². The van der Waals surface area contributed by atoms with Crippen molar-refractivity contribution in [3.05, 3.63) is 30.1 Å². The van der Waals surface area contributed by atoms with Gasteiger partial charge in [-0.05, 0) is 57.7 Å². The molecular weight excluding hydrogens is 375 g/mol. The first-order chi connectivity index (χ1) is 12.5. The number of halogens is 3. The van der Waals surface area contributed by atoms with Crippen molar-refractivity contribution in [3.63, 3.8) is 0 Å². The Hall–Kier alpha value is -1.37. The van der Waals surface area contributed by atoms with E-state index >= 15 is 0 Å². The number of likely N-dealkylation sites (tertiary alicyclic amines) is 1. The molecule has 27 heavy (non-hydrogen) atoms. The number of alkyl halides is 2. The highest BCUT2D eigenvalue weighted by atomic mass is 32.2. The lowest BCUT2D eigenvalue weighted by atomic mass is 9.68. The predicted molar refractivity (Wildman–Crippen MR) is 99.7 cm³/mol. The Morgan fingerprint density at radius 1 is 1.22 bits per heavy atom. The number of nitrogens with zero attached hydrogens (tertiary/aromatic N) is 1. The second kappa shape index (κ2) is 7.22. The number of amides is 1. The van der Waals surface area contributed by atoms with Gasteiger partial charge in [0.2, 0.25) is 0 Å². The fourth-order valence-electron chi connectivity index (χ4n) is 3.95. The summed E-state index contributed by atoms with van der Waals surface area (Å²) in [5, 5.41) is 0. The van der Waals surface area contributed by atoms with E-state index < -0.39 is 16.3 Å². The number of rotatable bonds is 3. The minimum absolute atomic E-state index is 0.0593. The van der Waals surface area contributed by atoms with Crippen molar-refractivity contribution in [3.8, 4) is 0 Å². The molecule has 0 N–H and O–H groups in total. The van der Waals surface area contributed by atoms with E-state index in [4.69, 9.17) is 4.74 Å². The molecule has 2 fully saturated rings. The molecule has 0 atom stereocenters. The smallest absolute Gasteiger partial charge is 0.410 e. The molecule has 1 aromatic rings. The van der Waals surface area contributed by atoms with Crippen LogP contribution in [0.4, 0.5) is 18.0 Å². The first-order valence-corrected chi connectivity index (χ1v) is 10.1. The maximum Gasteiger partial charge on any atom is 0.410 e. The van der Waals surface area contributed by atoms with Crippen molar-refractivity contribution in [2.45, 2.75) is 67.6 Å². The number of thioether (sulfide) groups is 1. The molecule has 1 heterocycles. The third kappa shape index (κ3) is 4.92. The van der Waals surface area contributed by atoms with Crippen molar-refractivity contribution in [2.75, 3.05) is 13.1 Å². The number of hydrogen-bond acceptors (Lipinski definition) is 3. The van der Waals surface area contributed by atoms with Crippen LogP contribution in [-0.2, 0) is 4.74 Å². The minimum atomic E-state index is -2.66. The molecule has 150 valence electrons. The topological polar surface area (TPSA) is 29.5 Å². The van der Waals surface area contributed by atoms with E-state index in [1.165, 1.54) is 23.9 Å². The highest BCUT2D eigenvalue weighted by Crippen LogP contribution is 2.61. The molecule has 1 amide bonds. The van der Waals surface area contributed by atoms with Gasteiger partial charge in [-0.1, -0.05) is 6.07 Å². The van der Waals surface area contributed by atoms with Gasteiger partial charge in [-0.2, -0.15) is 0 Å². The Bertz CT molecular complexity index is 689.